The second kappa shape index (κ2) is 6.90. The van der Waals surface area contributed by atoms with Crippen molar-refractivity contribution in [3.05, 3.63) is 18.1 Å². The van der Waals surface area contributed by atoms with E-state index in [0.29, 0.717) is 24.1 Å². The quantitative estimate of drug-likeness (QED) is 0.490. The molecule has 6 heteroatoms. The summed E-state index contributed by atoms with van der Waals surface area (Å²) in [5.74, 6) is 0.619. The van der Waals surface area contributed by atoms with Crippen LogP contribution >= 0.6 is 0 Å². The molecule has 1 heterocycles. The number of aliphatic hydroxyl groups excluding tert-OH is 1. The lowest BCUT2D eigenvalue weighted by atomic mass is 10.1. The van der Waals surface area contributed by atoms with Crippen LogP contribution in [-0.2, 0) is 0 Å². The van der Waals surface area contributed by atoms with Crippen LogP contribution in [-0.4, -0.2) is 40.1 Å². The zero-order valence-electron chi connectivity index (χ0n) is 10.9. The van der Waals surface area contributed by atoms with Gasteiger partial charge in [-0.3, -0.25) is 5.41 Å². The van der Waals surface area contributed by atoms with E-state index >= 15 is 0 Å². The maximum Gasteiger partial charge on any atom is 0.147 e. The molecule has 0 aliphatic rings. The number of hydrogen-bond acceptors (Lipinski definition) is 5. The summed E-state index contributed by atoms with van der Waals surface area (Å²) in [7, 11) is 0. The molecular formula is C12H21N5O. The first-order valence-electron chi connectivity index (χ1n) is 6.17. The Morgan fingerprint density at radius 3 is 2.44 bits per heavy atom. The van der Waals surface area contributed by atoms with Gasteiger partial charge in [0.15, 0.2) is 0 Å². The van der Waals surface area contributed by atoms with Gasteiger partial charge in [0.25, 0.3) is 0 Å². The largest absolute Gasteiger partial charge is 0.395 e. The molecule has 4 N–H and O–H groups in total. The number of hydrogen-bond donors (Lipinski definition) is 3. The summed E-state index contributed by atoms with van der Waals surface area (Å²) >= 11 is 0. The predicted molar refractivity (Wildman–Crippen MR) is 71.8 cm³/mol. The maximum absolute atomic E-state index is 9.14. The van der Waals surface area contributed by atoms with Crippen LogP contribution in [0.5, 0.6) is 0 Å². The van der Waals surface area contributed by atoms with Crippen molar-refractivity contribution in [3.8, 4) is 0 Å². The molecule has 0 aromatic carbocycles. The van der Waals surface area contributed by atoms with Crippen molar-refractivity contribution in [2.75, 3.05) is 18.1 Å². The molecule has 18 heavy (non-hydrogen) atoms. The number of nitrogens with one attached hydrogen (secondary N) is 1. The third-order valence-electron chi connectivity index (χ3n) is 2.93. The Kier molecular flexibility index (Phi) is 5.51. The fourth-order valence-electron chi connectivity index (χ4n) is 1.93. The molecular weight excluding hydrogens is 230 g/mol. The van der Waals surface area contributed by atoms with Gasteiger partial charge < -0.3 is 15.7 Å². The predicted octanol–water partition coefficient (Wildman–Crippen LogP) is 0.748. The number of amidine groups is 1. The van der Waals surface area contributed by atoms with Gasteiger partial charge in [-0.05, 0) is 12.8 Å². The average Bonchev–Trinajstić information content (AvgIpc) is 2.39. The van der Waals surface area contributed by atoms with E-state index in [9.17, 15) is 0 Å². The van der Waals surface area contributed by atoms with Crippen molar-refractivity contribution in [1.29, 1.82) is 5.41 Å². The Morgan fingerprint density at radius 1 is 1.39 bits per heavy atom. The Hall–Kier alpha value is -1.69. The highest BCUT2D eigenvalue weighted by Gasteiger charge is 2.16. The topological polar surface area (TPSA) is 99.1 Å². The van der Waals surface area contributed by atoms with Crippen molar-refractivity contribution in [2.45, 2.75) is 32.7 Å². The fraction of sp³-hybridized carbons (Fsp3) is 0.583. The van der Waals surface area contributed by atoms with Gasteiger partial charge in [-0.15, -0.1) is 0 Å². The Balaban J connectivity index is 2.94. The normalized spacial score (nSPS) is 10.7. The first kappa shape index (κ1) is 14.4. The first-order chi connectivity index (χ1) is 8.63. The number of nitrogens with zero attached hydrogens (tertiary/aromatic N) is 3. The molecule has 0 amide bonds. The number of nitrogen functional groups attached to an aromatic ring is 1. The van der Waals surface area contributed by atoms with Crippen molar-refractivity contribution >= 4 is 11.7 Å². The van der Waals surface area contributed by atoms with Gasteiger partial charge in [-0.1, -0.05) is 13.8 Å². The van der Waals surface area contributed by atoms with Gasteiger partial charge in [0.1, 0.15) is 17.3 Å². The zero-order valence-corrected chi connectivity index (χ0v) is 10.9. The molecule has 0 fully saturated rings. The van der Waals surface area contributed by atoms with Gasteiger partial charge >= 0.3 is 0 Å². The fourth-order valence-corrected chi connectivity index (χ4v) is 1.93. The summed E-state index contributed by atoms with van der Waals surface area (Å²) in [5.41, 5.74) is 5.71. The van der Waals surface area contributed by atoms with E-state index in [1.165, 1.54) is 6.20 Å². The summed E-state index contributed by atoms with van der Waals surface area (Å²) in [5, 5.41) is 16.4. The average molecular weight is 251 g/mol. The monoisotopic (exact) mass is 251 g/mol. The summed E-state index contributed by atoms with van der Waals surface area (Å²) in [6, 6.07) is 0.328. The molecule has 0 radical (unpaired) electrons. The maximum atomic E-state index is 9.14. The number of aromatic nitrogens is 2. The van der Waals surface area contributed by atoms with E-state index in [1.54, 1.807) is 6.20 Å². The summed E-state index contributed by atoms with van der Waals surface area (Å²) < 4.78 is 0. The van der Waals surface area contributed by atoms with Crippen molar-refractivity contribution < 1.29 is 5.11 Å². The van der Waals surface area contributed by atoms with Gasteiger partial charge in [0, 0.05) is 12.6 Å². The molecule has 6 nitrogen and oxygen atoms in total. The van der Waals surface area contributed by atoms with E-state index in [4.69, 9.17) is 16.2 Å². The van der Waals surface area contributed by atoms with Gasteiger partial charge in [-0.2, -0.15) is 0 Å². The number of aliphatic hydroxyl groups is 1. The Labute approximate surface area is 107 Å². The van der Waals surface area contributed by atoms with Gasteiger partial charge in [-0.25, -0.2) is 9.97 Å². The summed E-state index contributed by atoms with van der Waals surface area (Å²) in [4.78, 5) is 10.4. The highest BCUT2D eigenvalue weighted by atomic mass is 16.3. The number of anilines is 1. The molecule has 0 spiro atoms. The smallest absolute Gasteiger partial charge is 0.147 e. The van der Waals surface area contributed by atoms with Gasteiger partial charge in [0.2, 0.25) is 0 Å². The second-order valence-corrected chi connectivity index (χ2v) is 4.06. The molecule has 1 aromatic rings. The third kappa shape index (κ3) is 3.40. The van der Waals surface area contributed by atoms with Crippen LogP contribution in [0.25, 0.3) is 0 Å². The molecule has 100 valence electrons. The van der Waals surface area contributed by atoms with Crippen LogP contribution in [0.4, 0.5) is 5.82 Å². The third-order valence-corrected chi connectivity index (χ3v) is 2.93. The van der Waals surface area contributed by atoms with Crippen LogP contribution in [0.3, 0.4) is 0 Å². The minimum absolute atomic E-state index is 0.0760. The van der Waals surface area contributed by atoms with E-state index in [0.717, 1.165) is 12.8 Å². The second-order valence-electron chi connectivity index (χ2n) is 4.06. The van der Waals surface area contributed by atoms with Crippen LogP contribution < -0.4 is 10.6 Å². The zero-order chi connectivity index (χ0) is 13.5. The summed E-state index contributed by atoms with van der Waals surface area (Å²) in [6.45, 7) is 4.82. The minimum Gasteiger partial charge on any atom is -0.395 e. The molecule has 0 unspecified atom stereocenters. The van der Waals surface area contributed by atoms with Crippen molar-refractivity contribution in [1.82, 2.24) is 9.97 Å². The highest BCUT2D eigenvalue weighted by molar-refractivity contribution is 5.92. The van der Waals surface area contributed by atoms with E-state index in [-0.39, 0.29) is 12.4 Å². The van der Waals surface area contributed by atoms with Crippen LogP contribution in [0.15, 0.2) is 12.4 Å². The Bertz CT molecular complexity index is 375. The standard InChI is InChI=1S/C12H21N5O/c1-3-9(4-2)17(5-6-18)11-8-15-10(7-16-11)12(13)14/h7-9,18H,3-6H2,1-2H3,(H3,13,14). The molecule has 0 saturated heterocycles. The summed E-state index contributed by atoms with van der Waals surface area (Å²) in [6.07, 6.45) is 5.05. The first-order valence-corrected chi connectivity index (χ1v) is 6.17. The molecule has 1 aromatic heterocycles. The lowest BCUT2D eigenvalue weighted by Crippen LogP contribution is -2.37. The minimum atomic E-state index is -0.0923. The molecule has 0 aliphatic heterocycles. The Morgan fingerprint density at radius 2 is 2.06 bits per heavy atom. The highest BCUT2D eigenvalue weighted by Crippen LogP contribution is 2.16. The molecule has 0 aliphatic carbocycles. The van der Waals surface area contributed by atoms with Crippen molar-refractivity contribution in [3.63, 3.8) is 0 Å². The van der Waals surface area contributed by atoms with E-state index < -0.39 is 0 Å². The van der Waals surface area contributed by atoms with E-state index in [1.807, 2.05) is 4.90 Å². The molecule has 0 atom stereocenters. The van der Waals surface area contributed by atoms with Crippen LogP contribution in [0.1, 0.15) is 32.4 Å². The SMILES string of the molecule is CCC(CC)N(CCO)c1cnc(C(=N)N)cn1. The lowest BCUT2D eigenvalue weighted by Gasteiger charge is -2.30. The molecule has 0 saturated carbocycles. The number of rotatable bonds is 7. The van der Waals surface area contributed by atoms with Crippen LogP contribution in [0.2, 0.25) is 0 Å². The van der Waals surface area contributed by atoms with E-state index in [2.05, 4.69) is 23.8 Å². The van der Waals surface area contributed by atoms with Crippen molar-refractivity contribution in [2.24, 2.45) is 5.73 Å². The van der Waals surface area contributed by atoms with Crippen LogP contribution in [0, 0.1) is 5.41 Å². The molecule has 0 bridgehead atoms. The lowest BCUT2D eigenvalue weighted by molar-refractivity contribution is 0.295. The number of nitrogens with two attached hydrogens (primary N) is 1. The van der Waals surface area contributed by atoms with Gasteiger partial charge in [0.05, 0.1) is 19.0 Å². The molecule has 1 rings (SSSR count).